The zero-order valence-corrected chi connectivity index (χ0v) is 22.8. The molecule has 2 saturated heterocycles. The lowest BCUT2D eigenvalue weighted by Gasteiger charge is -2.32. The molecule has 41 heavy (non-hydrogen) atoms. The average Bonchev–Trinajstić information content (AvgIpc) is 3.56. The number of rotatable bonds is 6. The van der Waals surface area contributed by atoms with E-state index in [4.69, 9.17) is 0 Å². The van der Waals surface area contributed by atoms with Gasteiger partial charge in [-0.1, -0.05) is 60.2 Å². The summed E-state index contributed by atoms with van der Waals surface area (Å²) in [5.74, 6) is -5.17. The summed E-state index contributed by atoms with van der Waals surface area (Å²) in [6.45, 7) is 3.70. The third-order valence-corrected chi connectivity index (χ3v) is 8.14. The molecule has 10 heteroatoms. The van der Waals surface area contributed by atoms with Crippen LogP contribution in [0, 0.1) is 12.7 Å². The molecule has 2 aliphatic heterocycles. The molecule has 2 aromatic heterocycles. The standard InChI is InChI=1S/C31H31F3N6O/c1-21-7-9-22(10-8-21)18-38-13-11-24(12-14-38)28-26(17-37-40(28)30-35-15-25(32)16-36-30)29(41)39-19-27(31(33,34)20-39)23-5-3-2-4-6-23/h2-10,15-17,24,27H,11-14,18-20H2,1H3/t27-/m1/s1. The van der Waals surface area contributed by atoms with Gasteiger partial charge in [-0.15, -0.1) is 0 Å². The van der Waals surface area contributed by atoms with Crippen molar-refractivity contribution in [3.8, 4) is 5.95 Å². The van der Waals surface area contributed by atoms with Crippen molar-refractivity contribution < 1.29 is 18.0 Å². The maximum absolute atomic E-state index is 15.2. The maximum Gasteiger partial charge on any atom is 0.273 e. The number of aromatic nitrogens is 4. The van der Waals surface area contributed by atoms with Crippen molar-refractivity contribution in [2.45, 2.75) is 44.1 Å². The van der Waals surface area contributed by atoms with E-state index < -0.39 is 30.1 Å². The van der Waals surface area contributed by atoms with Crippen LogP contribution < -0.4 is 0 Å². The minimum atomic E-state index is -3.06. The van der Waals surface area contributed by atoms with Crippen molar-refractivity contribution >= 4 is 5.91 Å². The number of likely N-dealkylation sites (tertiary alicyclic amines) is 2. The first kappa shape index (κ1) is 27.1. The predicted octanol–water partition coefficient (Wildman–Crippen LogP) is 5.36. The number of alkyl halides is 2. The Morgan fingerprint density at radius 2 is 1.66 bits per heavy atom. The fourth-order valence-corrected chi connectivity index (χ4v) is 5.95. The first-order valence-electron chi connectivity index (χ1n) is 13.8. The van der Waals surface area contributed by atoms with E-state index in [1.807, 2.05) is 0 Å². The fourth-order valence-electron chi connectivity index (χ4n) is 5.95. The second kappa shape index (κ2) is 11.1. The van der Waals surface area contributed by atoms with E-state index in [-0.39, 0.29) is 24.0 Å². The minimum Gasteiger partial charge on any atom is -0.332 e. The number of amides is 1. The summed E-state index contributed by atoms with van der Waals surface area (Å²) < 4.78 is 45.4. The predicted molar refractivity (Wildman–Crippen MR) is 148 cm³/mol. The Balaban J connectivity index is 1.26. The number of piperidine rings is 1. The third kappa shape index (κ3) is 5.61. The van der Waals surface area contributed by atoms with Gasteiger partial charge in [0.05, 0.1) is 42.3 Å². The smallest absolute Gasteiger partial charge is 0.273 e. The van der Waals surface area contributed by atoms with Crippen molar-refractivity contribution in [1.82, 2.24) is 29.5 Å². The van der Waals surface area contributed by atoms with E-state index in [0.29, 0.717) is 11.3 Å². The van der Waals surface area contributed by atoms with E-state index in [1.165, 1.54) is 26.9 Å². The SMILES string of the molecule is Cc1ccc(CN2CCC(c3c(C(=O)N4C[C@H](c5ccccc5)C(F)(F)C4)cnn3-c3ncc(F)cn3)CC2)cc1. The average molecular weight is 561 g/mol. The monoisotopic (exact) mass is 560 g/mol. The lowest BCUT2D eigenvalue weighted by Crippen LogP contribution is -2.35. The number of aryl methyl sites for hydroxylation is 1. The zero-order valence-electron chi connectivity index (χ0n) is 22.8. The van der Waals surface area contributed by atoms with Crippen molar-refractivity contribution in [3.05, 3.63) is 107 Å². The number of halogens is 3. The number of benzene rings is 2. The third-order valence-electron chi connectivity index (χ3n) is 8.14. The Labute approximate surface area is 236 Å². The van der Waals surface area contributed by atoms with Crippen LogP contribution in [0.5, 0.6) is 0 Å². The summed E-state index contributed by atoms with van der Waals surface area (Å²) in [5.41, 5.74) is 3.80. The van der Waals surface area contributed by atoms with Gasteiger partial charge < -0.3 is 4.90 Å². The largest absolute Gasteiger partial charge is 0.332 e. The molecule has 0 bridgehead atoms. The molecule has 212 valence electrons. The fraction of sp³-hybridized carbons (Fsp3) is 0.355. The molecule has 6 rings (SSSR count). The van der Waals surface area contributed by atoms with Crippen LogP contribution in [-0.2, 0) is 6.54 Å². The van der Waals surface area contributed by atoms with Crippen molar-refractivity contribution in [3.63, 3.8) is 0 Å². The topological polar surface area (TPSA) is 67.2 Å². The lowest BCUT2D eigenvalue weighted by molar-refractivity contribution is -0.00244. The number of nitrogens with zero attached hydrogens (tertiary/aromatic N) is 6. The summed E-state index contributed by atoms with van der Waals surface area (Å²) in [4.78, 5) is 25.6. The molecule has 0 unspecified atom stereocenters. The van der Waals surface area contributed by atoms with Crippen molar-refractivity contribution in [2.24, 2.45) is 0 Å². The molecule has 0 radical (unpaired) electrons. The van der Waals surface area contributed by atoms with E-state index in [1.54, 1.807) is 30.3 Å². The second-order valence-corrected chi connectivity index (χ2v) is 11.0. The van der Waals surface area contributed by atoms with Gasteiger partial charge in [-0.3, -0.25) is 9.69 Å². The van der Waals surface area contributed by atoms with Crippen LogP contribution >= 0.6 is 0 Å². The molecule has 4 aromatic rings. The van der Waals surface area contributed by atoms with Gasteiger partial charge in [-0.2, -0.15) is 5.10 Å². The number of hydrogen-bond donors (Lipinski definition) is 0. The molecule has 0 aliphatic carbocycles. The Kier molecular flexibility index (Phi) is 7.33. The molecular weight excluding hydrogens is 529 g/mol. The normalized spacial score (nSPS) is 19.5. The molecule has 2 fully saturated rings. The highest BCUT2D eigenvalue weighted by atomic mass is 19.3. The number of carbonyl (C=O) groups is 1. The van der Waals surface area contributed by atoms with Crippen LogP contribution in [0.1, 0.15) is 57.4 Å². The Morgan fingerprint density at radius 3 is 2.34 bits per heavy atom. The van der Waals surface area contributed by atoms with Crippen LogP contribution in [0.15, 0.2) is 73.2 Å². The summed E-state index contributed by atoms with van der Waals surface area (Å²) in [6.07, 6.45) is 4.98. The van der Waals surface area contributed by atoms with Crippen LogP contribution in [0.4, 0.5) is 13.2 Å². The molecule has 1 amide bonds. The molecule has 4 heterocycles. The highest BCUT2D eigenvalue weighted by molar-refractivity contribution is 5.96. The molecule has 7 nitrogen and oxygen atoms in total. The zero-order chi connectivity index (χ0) is 28.6. The summed E-state index contributed by atoms with van der Waals surface area (Å²) >= 11 is 0. The molecule has 2 aromatic carbocycles. The summed E-state index contributed by atoms with van der Waals surface area (Å²) in [6, 6.07) is 17.1. The highest BCUT2D eigenvalue weighted by Gasteiger charge is 2.50. The van der Waals surface area contributed by atoms with E-state index >= 15 is 8.78 Å². The van der Waals surface area contributed by atoms with Gasteiger partial charge in [0, 0.05) is 19.0 Å². The summed E-state index contributed by atoms with van der Waals surface area (Å²) in [7, 11) is 0. The van der Waals surface area contributed by atoms with Gasteiger partial charge in [-0.25, -0.2) is 27.8 Å². The first-order chi connectivity index (χ1) is 19.8. The van der Waals surface area contributed by atoms with Gasteiger partial charge in [0.1, 0.15) is 0 Å². The Morgan fingerprint density at radius 1 is 0.976 bits per heavy atom. The maximum atomic E-state index is 15.2. The van der Waals surface area contributed by atoms with E-state index in [2.05, 4.69) is 51.2 Å². The second-order valence-electron chi connectivity index (χ2n) is 11.0. The highest BCUT2D eigenvalue weighted by Crippen LogP contribution is 2.41. The molecule has 1 atom stereocenters. The molecule has 0 N–H and O–H groups in total. The van der Waals surface area contributed by atoms with E-state index in [9.17, 15) is 9.18 Å². The van der Waals surface area contributed by atoms with Crippen LogP contribution in [-0.4, -0.2) is 67.6 Å². The van der Waals surface area contributed by atoms with Crippen molar-refractivity contribution in [1.29, 1.82) is 0 Å². The molecular formula is C31H31F3N6O. The summed E-state index contributed by atoms with van der Waals surface area (Å²) in [5, 5.41) is 4.41. The van der Waals surface area contributed by atoms with Crippen molar-refractivity contribution in [2.75, 3.05) is 26.2 Å². The first-order valence-corrected chi connectivity index (χ1v) is 13.8. The lowest BCUT2D eigenvalue weighted by atomic mass is 9.90. The van der Waals surface area contributed by atoms with Crippen LogP contribution in [0.25, 0.3) is 5.95 Å². The molecule has 2 aliphatic rings. The number of carbonyl (C=O) groups excluding carboxylic acids is 1. The van der Waals surface area contributed by atoms with Gasteiger partial charge in [0.2, 0.25) is 0 Å². The Hall–Kier alpha value is -4.05. The van der Waals surface area contributed by atoms with Crippen LogP contribution in [0.3, 0.4) is 0 Å². The van der Waals surface area contributed by atoms with Gasteiger partial charge in [0.25, 0.3) is 17.8 Å². The Bertz CT molecular complexity index is 1500. The quantitative estimate of drug-likeness (QED) is 0.318. The minimum absolute atomic E-state index is 0.0765. The van der Waals surface area contributed by atoms with E-state index in [0.717, 1.165) is 44.9 Å². The molecule has 0 saturated carbocycles. The van der Waals surface area contributed by atoms with Gasteiger partial charge in [0.15, 0.2) is 5.82 Å². The van der Waals surface area contributed by atoms with Gasteiger partial charge >= 0.3 is 0 Å². The van der Waals surface area contributed by atoms with Crippen LogP contribution in [0.2, 0.25) is 0 Å². The van der Waals surface area contributed by atoms with Gasteiger partial charge in [-0.05, 0) is 44.0 Å². The number of hydrogen-bond acceptors (Lipinski definition) is 5. The molecule has 0 spiro atoms.